The minimum absolute atomic E-state index is 0.0369. The van der Waals surface area contributed by atoms with E-state index in [0.717, 1.165) is 47.3 Å². The second kappa shape index (κ2) is 21.4. The summed E-state index contributed by atoms with van der Waals surface area (Å²) in [5.74, 6) is 1.10. The van der Waals surface area contributed by atoms with E-state index in [1.807, 2.05) is 81.6 Å². The van der Waals surface area contributed by atoms with E-state index in [1.54, 1.807) is 28.8 Å². The summed E-state index contributed by atoms with van der Waals surface area (Å²) in [6, 6.07) is 18.8. The summed E-state index contributed by atoms with van der Waals surface area (Å²) in [5.41, 5.74) is 2.76. The van der Waals surface area contributed by atoms with E-state index in [9.17, 15) is 15.0 Å². The number of thioether (sulfide) groups is 1. The van der Waals surface area contributed by atoms with Crippen LogP contribution in [0.4, 0.5) is 4.79 Å². The first kappa shape index (κ1) is 47.0. The van der Waals surface area contributed by atoms with E-state index in [1.165, 1.54) is 0 Å². The van der Waals surface area contributed by atoms with Crippen molar-refractivity contribution < 1.29 is 48.3 Å². The highest BCUT2D eigenvalue weighted by atomic mass is 32.2. The number of fused-ring (bicyclic) bond motifs is 3. The van der Waals surface area contributed by atoms with Crippen molar-refractivity contribution in [1.82, 2.24) is 4.90 Å². The van der Waals surface area contributed by atoms with Crippen LogP contribution in [0, 0.1) is 17.8 Å². The Morgan fingerprint density at radius 2 is 1.67 bits per heavy atom. The third-order valence-corrected chi connectivity index (χ3v) is 13.1. The molecule has 3 aromatic rings. The van der Waals surface area contributed by atoms with E-state index in [2.05, 4.69) is 25.3 Å². The maximum Gasteiger partial charge on any atom is 0.410 e. The summed E-state index contributed by atoms with van der Waals surface area (Å²) in [7, 11) is 0. The van der Waals surface area contributed by atoms with E-state index in [4.69, 9.17) is 38.4 Å². The summed E-state index contributed by atoms with van der Waals surface area (Å²) < 4.78 is 38.6. The second-order valence-electron chi connectivity index (χ2n) is 17.8. The summed E-state index contributed by atoms with van der Waals surface area (Å²) in [6.45, 7) is 14.5. The molecule has 0 saturated heterocycles. The van der Waals surface area contributed by atoms with Crippen molar-refractivity contribution in [3.63, 3.8) is 0 Å². The Morgan fingerprint density at radius 3 is 2.39 bits per heavy atom. The number of oxime groups is 1. The number of ether oxygens (including phenoxy) is 6. The van der Waals surface area contributed by atoms with Crippen molar-refractivity contribution in [3.8, 4) is 28.7 Å². The molecule has 1 amide bonds. The van der Waals surface area contributed by atoms with Crippen LogP contribution in [0.1, 0.15) is 89.2 Å². The number of benzene rings is 3. The van der Waals surface area contributed by atoms with Crippen LogP contribution in [0.15, 0.2) is 108 Å². The van der Waals surface area contributed by atoms with Crippen LogP contribution < -0.4 is 18.9 Å². The average Bonchev–Trinajstić information content (AvgIpc) is 3.76. The minimum atomic E-state index is -1.48. The second-order valence-corrected chi connectivity index (χ2v) is 18.6. The topological polar surface area (TPSA) is 138 Å². The fourth-order valence-corrected chi connectivity index (χ4v) is 9.94. The lowest BCUT2D eigenvalue weighted by Gasteiger charge is -2.60. The van der Waals surface area contributed by atoms with Gasteiger partial charge in [-0.05, 0) is 137 Å². The number of hydrogen-bond acceptors (Lipinski definition) is 12. The summed E-state index contributed by atoms with van der Waals surface area (Å²) in [5, 5.41) is 24.9. The van der Waals surface area contributed by atoms with Crippen LogP contribution in [-0.2, 0) is 20.9 Å². The first-order valence-electron chi connectivity index (χ1n) is 22.5. The fourth-order valence-electron chi connectivity index (χ4n) is 9.53. The average molecular weight is 897 g/mol. The van der Waals surface area contributed by atoms with Crippen molar-refractivity contribution in [3.05, 3.63) is 109 Å². The number of rotatable bonds is 21. The standard InChI is InChI=1S/C51H64N2O10S/c1-7-9-27-57-49(56)53(32-34-16-22-44-45(28-34)59-33-58-44)46-31-42(52-63-50(3,4)5)40-29-35(14-10-12-24-54)39(15-11-13-25-55)47-41-30-37(61-36-17-20-38(64-6)21-18-36)19-23-43(41)62-51(46,48(40)47)60-26-8-2/h7-8,16-23,28-30,35,39,46-48,54-55H,1-2,9-15,24-27,31-33H2,3-6H3. The third kappa shape index (κ3) is 10.6. The number of hydrogen-bond donors (Lipinski definition) is 2. The van der Waals surface area contributed by atoms with Crippen LogP contribution >= 0.6 is 11.8 Å². The molecule has 4 aliphatic rings. The molecule has 2 aliphatic carbocycles. The van der Waals surface area contributed by atoms with E-state index in [-0.39, 0.29) is 63.9 Å². The summed E-state index contributed by atoms with van der Waals surface area (Å²) >= 11 is 1.67. The predicted molar refractivity (Wildman–Crippen MR) is 248 cm³/mol. The molecule has 0 aromatic heterocycles. The smallest absolute Gasteiger partial charge is 0.410 e. The van der Waals surface area contributed by atoms with Crippen molar-refractivity contribution >= 4 is 23.6 Å². The van der Waals surface area contributed by atoms with Crippen LogP contribution in [-0.4, -0.2) is 83.8 Å². The number of aliphatic hydroxyl groups excluding tert-OH is 2. The number of nitrogens with zero attached hydrogens (tertiary/aromatic N) is 2. The monoisotopic (exact) mass is 896 g/mol. The van der Waals surface area contributed by atoms with Crippen LogP contribution in [0.2, 0.25) is 0 Å². The Morgan fingerprint density at radius 1 is 0.938 bits per heavy atom. The Balaban J connectivity index is 1.45. The molecular weight excluding hydrogens is 833 g/mol. The number of amides is 1. The van der Waals surface area contributed by atoms with Crippen molar-refractivity contribution in [2.75, 3.05) is 39.5 Å². The Kier molecular flexibility index (Phi) is 15.7. The summed E-state index contributed by atoms with van der Waals surface area (Å²) in [6.07, 6.45) is 12.5. The molecule has 0 spiro atoms. The lowest BCUT2D eigenvalue weighted by atomic mass is 9.55. The molecule has 1 fully saturated rings. The molecule has 0 bridgehead atoms. The van der Waals surface area contributed by atoms with Gasteiger partial charge < -0.3 is 43.5 Å². The van der Waals surface area contributed by atoms with Gasteiger partial charge in [-0.15, -0.1) is 24.9 Å². The Bertz CT molecular complexity index is 2150. The molecular formula is C51H64N2O10S. The maximum absolute atomic E-state index is 14.8. The SMILES string of the molecule is C=CCCOC(=O)N(Cc1ccc2c(c1)OCO2)C1CC(=NOC(C)(C)C)C2=CC(CCCCO)C(CCCCO)C3c4cc(Oc5ccc(SC)cc5)ccc4OC1(OCC=C)C23. The van der Waals surface area contributed by atoms with E-state index >= 15 is 0 Å². The summed E-state index contributed by atoms with van der Waals surface area (Å²) in [4.78, 5) is 23.9. The van der Waals surface area contributed by atoms with Gasteiger partial charge in [0.05, 0.1) is 24.8 Å². The molecule has 12 nitrogen and oxygen atoms in total. The molecule has 13 heteroatoms. The van der Waals surface area contributed by atoms with Gasteiger partial charge in [-0.1, -0.05) is 42.3 Å². The van der Waals surface area contributed by atoms with Crippen LogP contribution in [0.3, 0.4) is 0 Å². The molecule has 6 atom stereocenters. The normalized spacial score (nSPS) is 23.6. The molecule has 2 N–H and O–H groups in total. The number of unbranched alkanes of at least 4 members (excludes halogenated alkanes) is 2. The molecule has 3 aromatic carbocycles. The molecule has 6 unspecified atom stereocenters. The fraction of sp³-hybridized carbons (Fsp3) is 0.490. The van der Waals surface area contributed by atoms with Crippen molar-refractivity contribution in [2.24, 2.45) is 22.9 Å². The van der Waals surface area contributed by atoms with Crippen molar-refractivity contribution in [2.45, 2.75) is 107 Å². The first-order chi connectivity index (χ1) is 31.0. The minimum Gasteiger partial charge on any atom is -0.459 e. The Hall–Kier alpha value is -4.95. The Labute approximate surface area is 382 Å². The lowest BCUT2D eigenvalue weighted by molar-refractivity contribution is -0.256. The van der Waals surface area contributed by atoms with Gasteiger partial charge in [0.25, 0.3) is 0 Å². The van der Waals surface area contributed by atoms with E-state index < -0.39 is 29.4 Å². The van der Waals surface area contributed by atoms with Crippen LogP contribution in [0.5, 0.6) is 28.7 Å². The highest BCUT2D eigenvalue weighted by molar-refractivity contribution is 7.98. The number of carbonyl (C=O) groups excluding carboxylic acids is 1. The predicted octanol–water partition coefficient (Wildman–Crippen LogP) is 10.6. The molecule has 1 saturated carbocycles. The van der Waals surface area contributed by atoms with Crippen molar-refractivity contribution in [1.29, 1.82) is 0 Å². The maximum atomic E-state index is 14.8. The molecule has 2 aliphatic heterocycles. The van der Waals surface area contributed by atoms with E-state index in [0.29, 0.717) is 53.7 Å². The molecule has 64 heavy (non-hydrogen) atoms. The van der Waals surface area contributed by atoms with Gasteiger partial charge in [0.1, 0.15) is 28.9 Å². The largest absolute Gasteiger partial charge is 0.459 e. The molecule has 7 rings (SSSR count). The third-order valence-electron chi connectivity index (χ3n) is 12.3. The highest BCUT2D eigenvalue weighted by Crippen LogP contribution is 2.62. The van der Waals surface area contributed by atoms with Gasteiger partial charge in [0.15, 0.2) is 11.5 Å². The van der Waals surface area contributed by atoms with Gasteiger partial charge in [-0.25, -0.2) is 4.79 Å². The lowest BCUT2D eigenvalue weighted by Crippen LogP contribution is -2.70. The highest BCUT2D eigenvalue weighted by Gasteiger charge is 2.66. The zero-order valence-corrected chi connectivity index (χ0v) is 38.5. The zero-order chi connectivity index (χ0) is 45.3. The molecule has 0 radical (unpaired) electrons. The van der Waals surface area contributed by atoms with Gasteiger partial charge in [-0.2, -0.15) is 0 Å². The van der Waals surface area contributed by atoms with Gasteiger partial charge in [-0.3, -0.25) is 4.90 Å². The number of allylic oxidation sites excluding steroid dienone is 1. The zero-order valence-electron chi connectivity index (χ0n) is 37.7. The quantitative estimate of drug-likeness (QED) is 0.0457. The molecule has 344 valence electrons. The number of carbonyl (C=O) groups is 1. The van der Waals surface area contributed by atoms with Gasteiger partial charge in [0, 0.05) is 42.6 Å². The first-order valence-corrected chi connectivity index (χ1v) is 23.8. The van der Waals surface area contributed by atoms with Crippen LogP contribution in [0.25, 0.3) is 0 Å². The van der Waals surface area contributed by atoms with Gasteiger partial charge in [0.2, 0.25) is 12.6 Å². The van der Waals surface area contributed by atoms with Gasteiger partial charge >= 0.3 is 6.09 Å². The molecule has 2 heterocycles. The number of aliphatic hydroxyl groups is 2.